The van der Waals surface area contributed by atoms with Crippen LogP contribution in [0.1, 0.15) is 67.9 Å². The van der Waals surface area contributed by atoms with Crippen molar-refractivity contribution >= 4 is 29.1 Å². The lowest BCUT2D eigenvalue weighted by Crippen LogP contribution is -2.63. The molecular formula is C32H40ClN3O7. The topological polar surface area (TPSA) is 173 Å². The number of benzene rings is 1. The lowest BCUT2D eigenvalue weighted by molar-refractivity contribution is -0.148. The molecule has 0 aromatic heterocycles. The summed E-state index contributed by atoms with van der Waals surface area (Å²) in [6.45, 7) is 7.42. The minimum Gasteiger partial charge on any atom is -0.510 e. The molecule has 6 rings (SSSR count). The SMILES string of the molecule is CN(C)[C@@H]1C(O)=C(C(N)=O)C(=O)[C@@]2(O)C(O)=C3C(=O)c4c(O)cc(CN[C@H]5CC6CCC5(C)C6(C)C)c(Cl)c4C[C@H]3C[C@@H]12. The zero-order valence-electron chi connectivity index (χ0n) is 25.1. The van der Waals surface area contributed by atoms with E-state index in [1.165, 1.54) is 17.4 Å². The largest absolute Gasteiger partial charge is 0.510 e. The van der Waals surface area contributed by atoms with E-state index in [-0.39, 0.29) is 46.6 Å². The van der Waals surface area contributed by atoms with E-state index in [1.54, 1.807) is 14.1 Å². The molecule has 10 nitrogen and oxygen atoms in total. The average molecular weight is 614 g/mol. The number of nitrogens with two attached hydrogens (primary N) is 1. The first-order chi connectivity index (χ1) is 20.0. The Morgan fingerprint density at radius 3 is 2.40 bits per heavy atom. The van der Waals surface area contributed by atoms with E-state index >= 15 is 0 Å². The number of rotatable bonds is 5. The number of nitrogens with zero attached hydrogens (tertiary/aromatic N) is 1. The molecule has 0 radical (unpaired) electrons. The van der Waals surface area contributed by atoms with Crippen molar-refractivity contribution in [2.24, 2.45) is 34.3 Å². The summed E-state index contributed by atoms with van der Waals surface area (Å²) >= 11 is 6.94. The Hall–Kier alpha value is -2.92. The molecule has 2 unspecified atom stereocenters. The van der Waals surface area contributed by atoms with Crippen molar-refractivity contribution in [2.75, 3.05) is 14.1 Å². The number of Topliss-reactive ketones (excluding diaryl/α,β-unsaturated/α-hetero) is 2. The predicted molar refractivity (Wildman–Crippen MR) is 159 cm³/mol. The molecule has 232 valence electrons. The third kappa shape index (κ3) is 3.79. The van der Waals surface area contributed by atoms with Gasteiger partial charge in [0, 0.05) is 29.1 Å². The first kappa shape index (κ1) is 30.1. The Balaban J connectivity index is 1.37. The van der Waals surface area contributed by atoms with Crippen molar-refractivity contribution in [3.05, 3.63) is 50.4 Å². The summed E-state index contributed by atoms with van der Waals surface area (Å²) in [5.74, 6) is -6.16. The molecule has 1 aromatic rings. The highest BCUT2D eigenvalue weighted by molar-refractivity contribution is 6.33. The number of allylic oxidation sites excluding steroid dienone is 1. The van der Waals surface area contributed by atoms with Gasteiger partial charge in [0.1, 0.15) is 22.8 Å². The Labute approximate surface area is 255 Å². The van der Waals surface area contributed by atoms with Gasteiger partial charge in [0.05, 0.1) is 11.6 Å². The molecular weight excluding hydrogens is 574 g/mol. The summed E-state index contributed by atoms with van der Waals surface area (Å²) in [5.41, 5.74) is 3.07. The van der Waals surface area contributed by atoms with E-state index < -0.39 is 58.0 Å². The maximum absolute atomic E-state index is 13.9. The molecule has 0 aliphatic heterocycles. The van der Waals surface area contributed by atoms with Crippen LogP contribution in [0.2, 0.25) is 5.02 Å². The monoisotopic (exact) mass is 613 g/mol. The number of ketones is 2. The number of carbonyl (C=O) groups is 3. The molecule has 5 aliphatic rings. The Bertz CT molecular complexity index is 1550. The van der Waals surface area contributed by atoms with Gasteiger partial charge in [0.25, 0.3) is 5.91 Å². The van der Waals surface area contributed by atoms with Crippen LogP contribution in [0.25, 0.3) is 0 Å². The number of phenols is 1. The Morgan fingerprint density at radius 1 is 1.16 bits per heavy atom. The number of hydrogen-bond acceptors (Lipinski definition) is 9. The fraction of sp³-hybridized carbons (Fsp3) is 0.594. The standard InChI is InChI=1S/C32H40ClN3O7/c1-30(2)15-6-7-31(30,3)19(11-15)35-12-14-10-18(37)21-16(23(14)33)8-13-9-17-24(36(4)5)26(39)22(29(34)42)28(41)32(17,43)27(40)20(13)25(21)38/h10,13,15,17,19,24,35,37,39-40,43H,6-9,11-12H2,1-5H3,(H2,34,42)/t13-,15?,17-,19-,24-,31?,32-/m0/s1. The van der Waals surface area contributed by atoms with E-state index in [0.29, 0.717) is 28.6 Å². The number of primary amides is 1. The van der Waals surface area contributed by atoms with Crippen LogP contribution in [0.4, 0.5) is 0 Å². The van der Waals surface area contributed by atoms with Crippen molar-refractivity contribution in [2.45, 2.75) is 77.1 Å². The molecule has 5 aliphatic carbocycles. The number of hydrogen-bond donors (Lipinski definition) is 6. The summed E-state index contributed by atoms with van der Waals surface area (Å²) in [6.07, 6.45) is 3.62. The van der Waals surface area contributed by atoms with Crippen LogP contribution in [0, 0.1) is 28.6 Å². The van der Waals surface area contributed by atoms with Crippen molar-refractivity contribution in [3.8, 4) is 5.75 Å². The highest BCUT2D eigenvalue weighted by atomic mass is 35.5. The van der Waals surface area contributed by atoms with Gasteiger partial charge in [-0.1, -0.05) is 32.4 Å². The lowest BCUT2D eigenvalue weighted by atomic mass is 9.58. The molecule has 7 N–H and O–H groups in total. The van der Waals surface area contributed by atoms with Gasteiger partial charge in [-0.25, -0.2) is 0 Å². The molecule has 2 fully saturated rings. The molecule has 1 amide bonds. The fourth-order valence-electron chi connectivity index (χ4n) is 9.23. The van der Waals surface area contributed by atoms with Gasteiger partial charge in [-0.3, -0.25) is 19.3 Å². The molecule has 1 aromatic carbocycles. The van der Waals surface area contributed by atoms with Crippen molar-refractivity contribution in [3.63, 3.8) is 0 Å². The smallest absolute Gasteiger partial charge is 0.255 e. The highest BCUT2D eigenvalue weighted by Gasteiger charge is 2.64. The summed E-state index contributed by atoms with van der Waals surface area (Å²) < 4.78 is 0. The maximum Gasteiger partial charge on any atom is 0.255 e. The number of halogens is 1. The van der Waals surface area contributed by atoms with Crippen LogP contribution in [0.5, 0.6) is 5.75 Å². The second-order valence-corrected chi connectivity index (χ2v) is 14.6. The number of aliphatic hydroxyl groups excluding tert-OH is 2. The van der Waals surface area contributed by atoms with Crippen molar-refractivity contribution in [1.29, 1.82) is 0 Å². The van der Waals surface area contributed by atoms with Crippen LogP contribution in [-0.2, 0) is 22.6 Å². The molecule has 7 atom stereocenters. The van der Waals surface area contributed by atoms with E-state index in [4.69, 9.17) is 17.3 Å². The highest BCUT2D eigenvalue weighted by Crippen LogP contribution is 2.65. The quantitative estimate of drug-likeness (QED) is 0.273. The second-order valence-electron chi connectivity index (χ2n) is 14.2. The predicted octanol–water partition coefficient (Wildman–Crippen LogP) is 3.08. The molecule has 0 spiro atoms. The van der Waals surface area contributed by atoms with Gasteiger partial charge in [0.2, 0.25) is 5.78 Å². The zero-order valence-corrected chi connectivity index (χ0v) is 25.9. The van der Waals surface area contributed by atoms with Gasteiger partial charge in [-0.05, 0) is 86.1 Å². The first-order valence-corrected chi connectivity index (χ1v) is 15.3. The van der Waals surface area contributed by atoms with E-state index in [9.17, 15) is 34.8 Å². The van der Waals surface area contributed by atoms with Gasteiger partial charge in [-0.15, -0.1) is 0 Å². The zero-order chi connectivity index (χ0) is 31.5. The summed E-state index contributed by atoms with van der Waals surface area (Å²) in [6, 6.07) is 0.708. The van der Waals surface area contributed by atoms with Crippen LogP contribution >= 0.6 is 11.6 Å². The second kappa shape index (κ2) is 9.54. The lowest BCUT2D eigenvalue weighted by Gasteiger charge is -2.50. The molecule has 11 heteroatoms. The maximum atomic E-state index is 13.9. The molecule has 0 saturated heterocycles. The molecule has 0 heterocycles. The fourth-order valence-corrected chi connectivity index (χ4v) is 9.52. The summed E-state index contributed by atoms with van der Waals surface area (Å²) in [5, 5.41) is 49.2. The number of amides is 1. The normalized spacial score (nSPS) is 36.2. The van der Waals surface area contributed by atoms with Gasteiger partial charge in [0.15, 0.2) is 11.4 Å². The Kier molecular flexibility index (Phi) is 6.68. The van der Waals surface area contributed by atoms with Gasteiger partial charge >= 0.3 is 0 Å². The third-order valence-electron chi connectivity index (χ3n) is 12.1. The Morgan fingerprint density at radius 2 is 1.84 bits per heavy atom. The third-order valence-corrected chi connectivity index (χ3v) is 12.5. The molecule has 43 heavy (non-hydrogen) atoms. The molecule has 2 bridgehead atoms. The number of aromatic hydroxyl groups is 1. The number of fused-ring (bicyclic) bond motifs is 5. The number of phenolic OH excluding ortho intramolecular Hbond substituents is 1. The molecule has 2 saturated carbocycles. The van der Waals surface area contributed by atoms with Gasteiger partial charge in [-0.2, -0.15) is 0 Å². The number of likely N-dealkylation sites (N-methyl/N-ethyl adjacent to an activating group) is 1. The summed E-state index contributed by atoms with van der Waals surface area (Å²) in [7, 11) is 3.19. The van der Waals surface area contributed by atoms with E-state index in [0.717, 1.165) is 12.8 Å². The van der Waals surface area contributed by atoms with E-state index in [1.807, 2.05) is 0 Å². The van der Waals surface area contributed by atoms with Crippen LogP contribution in [0.15, 0.2) is 28.7 Å². The van der Waals surface area contributed by atoms with Crippen LogP contribution in [-0.4, -0.2) is 74.6 Å². The van der Waals surface area contributed by atoms with Crippen LogP contribution < -0.4 is 11.1 Å². The van der Waals surface area contributed by atoms with Crippen LogP contribution in [0.3, 0.4) is 0 Å². The number of aliphatic hydroxyl groups is 3. The summed E-state index contributed by atoms with van der Waals surface area (Å²) in [4.78, 5) is 41.0. The number of nitrogens with one attached hydrogen (secondary N) is 1. The minimum atomic E-state index is -2.67. The van der Waals surface area contributed by atoms with Crippen molar-refractivity contribution < 1.29 is 34.8 Å². The van der Waals surface area contributed by atoms with Gasteiger partial charge < -0.3 is 31.5 Å². The average Bonchev–Trinajstić information content (AvgIpc) is 3.25. The number of carbonyl (C=O) groups excluding carboxylic acids is 3. The van der Waals surface area contributed by atoms with E-state index in [2.05, 4.69) is 26.1 Å². The van der Waals surface area contributed by atoms with Crippen molar-refractivity contribution in [1.82, 2.24) is 10.2 Å². The first-order valence-electron chi connectivity index (χ1n) is 14.9. The minimum absolute atomic E-state index is 0.0161.